The van der Waals surface area contributed by atoms with Gasteiger partial charge in [-0.15, -0.1) is 11.3 Å². The molecule has 29 heavy (non-hydrogen) atoms. The molecule has 1 N–H and O–H groups in total. The molecule has 0 radical (unpaired) electrons. The number of anilines is 1. The van der Waals surface area contributed by atoms with Gasteiger partial charge in [0, 0.05) is 0 Å². The van der Waals surface area contributed by atoms with Crippen molar-refractivity contribution in [2.24, 2.45) is 0 Å². The van der Waals surface area contributed by atoms with Gasteiger partial charge in [-0.05, 0) is 54.7 Å². The molecular formula is C21H16F2N2O3S. The van der Waals surface area contributed by atoms with Gasteiger partial charge in [0.1, 0.15) is 17.3 Å². The Hall–Kier alpha value is -3.13. The fraction of sp³-hybridized carbons (Fsp3) is 0.190. The lowest BCUT2D eigenvalue weighted by molar-refractivity contribution is 0.0600. The molecule has 0 unspecified atom stereocenters. The van der Waals surface area contributed by atoms with Crippen LogP contribution in [0.25, 0.3) is 10.4 Å². The number of rotatable bonds is 3. The topological polar surface area (TPSA) is 68.3 Å². The van der Waals surface area contributed by atoms with Gasteiger partial charge in [-0.3, -0.25) is 4.79 Å². The summed E-state index contributed by atoms with van der Waals surface area (Å²) in [7, 11) is 1.32. The molecule has 0 saturated heterocycles. The Labute approximate surface area is 169 Å². The minimum absolute atomic E-state index is 0.106. The van der Waals surface area contributed by atoms with Crippen molar-refractivity contribution in [1.82, 2.24) is 4.98 Å². The number of methoxy groups -OCH3 is 1. The molecule has 0 bridgehead atoms. The number of para-hydroxylation sites is 1. The highest BCUT2D eigenvalue weighted by Crippen LogP contribution is 2.38. The molecule has 1 aromatic heterocycles. The molecule has 0 aliphatic heterocycles. The maximum atomic E-state index is 13.8. The van der Waals surface area contributed by atoms with Gasteiger partial charge in [-0.1, -0.05) is 12.1 Å². The molecule has 1 aliphatic carbocycles. The van der Waals surface area contributed by atoms with E-state index >= 15 is 0 Å². The third kappa shape index (κ3) is 3.63. The van der Waals surface area contributed by atoms with Gasteiger partial charge >= 0.3 is 5.97 Å². The minimum Gasteiger partial charge on any atom is -0.465 e. The van der Waals surface area contributed by atoms with Crippen molar-refractivity contribution in [2.45, 2.75) is 19.3 Å². The molecular weight excluding hydrogens is 398 g/mol. The molecule has 3 aromatic rings. The molecule has 8 heteroatoms. The van der Waals surface area contributed by atoms with Gasteiger partial charge in [-0.25, -0.2) is 18.6 Å². The average molecular weight is 414 g/mol. The van der Waals surface area contributed by atoms with Crippen molar-refractivity contribution in [1.29, 1.82) is 0 Å². The second kappa shape index (κ2) is 7.71. The Bertz CT molecular complexity index is 1110. The molecule has 1 heterocycles. The van der Waals surface area contributed by atoms with Crippen LogP contribution in [0.1, 0.15) is 37.8 Å². The van der Waals surface area contributed by atoms with Crippen LogP contribution in [-0.4, -0.2) is 24.0 Å². The number of hydrogen-bond acceptors (Lipinski definition) is 5. The van der Waals surface area contributed by atoms with Crippen LogP contribution in [0.2, 0.25) is 0 Å². The number of esters is 1. The van der Waals surface area contributed by atoms with E-state index in [0.717, 1.165) is 58.0 Å². The molecule has 0 saturated carbocycles. The summed E-state index contributed by atoms with van der Waals surface area (Å²) < 4.78 is 32.5. The Kier molecular flexibility index (Phi) is 5.10. The number of benzene rings is 2. The molecule has 148 valence electrons. The summed E-state index contributed by atoms with van der Waals surface area (Å²) >= 11 is 1.14. The molecule has 2 aromatic carbocycles. The second-order valence-corrected chi connectivity index (χ2v) is 7.56. The van der Waals surface area contributed by atoms with Crippen LogP contribution in [0.4, 0.5) is 14.5 Å². The minimum atomic E-state index is -0.857. The number of aromatic nitrogens is 1. The predicted octanol–water partition coefficient (Wildman–Crippen LogP) is 4.62. The van der Waals surface area contributed by atoms with Crippen LogP contribution in [-0.2, 0) is 17.6 Å². The van der Waals surface area contributed by atoms with Gasteiger partial charge in [0.15, 0.2) is 5.01 Å². The summed E-state index contributed by atoms with van der Waals surface area (Å²) in [5.41, 5.74) is 2.51. The lowest BCUT2D eigenvalue weighted by atomic mass is 10.0. The second-order valence-electron chi connectivity index (χ2n) is 6.56. The first-order chi connectivity index (χ1) is 14.0. The molecule has 4 rings (SSSR count). The Morgan fingerprint density at radius 3 is 2.62 bits per heavy atom. The third-order valence-electron chi connectivity index (χ3n) is 4.73. The van der Waals surface area contributed by atoms with Gasteiger partial charge < -0.3 is 10.1 Å². The fourth-order valence-electron chi connectivity index (χ4n) is 3.31. The van der Waals surface area contributed by atoms with Crippen molar-refractivity contribution < 1.29 is 23.1 Å². The molecule has 0 atom stereocenters. The third-order valence-corrected chi connectivity index (χ3v) is 5.86. The monoisotopic (exact) mass is 414 g/mol. The number of ether oxygens (including phenoxy) is 1. The highest BCUT2D eigenvalue weighted by Gasteiger charge is 2.24. The molecule has 0 fully saturated rings. The molecule has 0 spiro atoms. The van der Waals surface area contributed by atoms with Crippen LogP contribution in [0.3, 0.4) is 0 Å². The molecule has 5 nitrogen and oxygen atoms in total. The van der Waals surface area contributed by atoms with E-state index < -0.39 is 29.2 Å². The average Bonchev–Trinajstić information content (AvgIpc) is 3.07. The van der Waals surface area contributed by atoms with Gasteiger partial charge in [-0.2, -0.15) is 0 Å². The SMILES string of the molecule is COC(=O)c1ccc2c(c1)-c1sc(C(=O)Nc3c(F)cccc3F)nc1CCC2. The summed E-state index contributed by atoms with van der Waals surface area (Å²) in [4.78, 5) is 29.7. The van der Waals surface area contributed by atoms with E-state index in [9.17, 15) is 18.4 Å². The van der Waals surface area contributed by atoms with Crippen LogP contribution < -0.4 is 5.32 Å². The van der Waals surface area contributed by atoms with Crippen molar-refractivity contribution in [3.63, 3.8) is 0 Å². The number of hydrogen-bond donors (Lipinski definition) is 1. The lowest BCUT2D eigenvalue weighted by Gasteiger charge is -2.08. The summed E-state index contributed by atoms with van der Waals surface area (Å²) in [6.45, 7) is 0. The zero-order chi connectivity index (χ0) is 20.5. The van der Waals surface area contributed by atoms with Crippen molar-refractivity contribution in [2.75, 3.05) is 12.4 Å². The zero-order valence-corrected chi connectivity index (χ0v) is 16.2. The van der Waals surface area contributed by atoms with E-state index in [1.54, 1.807) is 12.1 Å². The Morgan fingerprint density at radius 2 is 1.90 bits per heavy atom. The maximum absolute atomic E-state index is 13.8. The van der Waals surface area contributed by atoms with Crippen LogP contribution >= 0.6 is 11.3 Å². The van der Waals surface area contributed by atoms with E-state index in [1.165, 1.54) is 13.2 Å². The van der Waals surface area contributed by atoms with E-state index in [0.29, 0.717) is 12.0 Å². The van der Waals surface area contributed by atoms with Gasteiger partial charge in [0.25, 0.3) is 5.91 Å². The summed E-state index contributed by atoms with van der Waals surface area (Å²) in [5.74, 6) is -2.84. The van der Waals surface area contributed by atoms with Crippen LogP contribution in [0, 0.1) is 11.6 Å². The van der Waals surface area contributed by atoms with Crippen molar-refractivity contribution in [3.8, 4) is 10.4 Å². The largest absolute Gasteiger partial charge is 0.465 e. The number of nitrogens with zero attached hydrogens (tertiary/aromatic N) is 1. The maximum Gasteiger partial charge on any atom is 0.337 e. The van der Waals surface area contributed by atoms with E-state index in [2.05, 4.69) is 10.3 Å². The van der Waals surface area contributed by atoms with Crippen molar-refractivity contribution >= 4 is 28.9 Å². The van der Waals surface area contributed by atoms with E-state index in [1.807, 2.05) is 6.07 Å². The lowest BCUT2D eigenvalue weighted by Crippen LogP contribution is -2.14. The number of nitrogens with one attached hydrogen (secondary N) is 1. The standard InChI is InChI=1S/C21H16F2N2O3S/c1-28-21(27)12-9-8-11-4-2-7-16-18(13(11)10-12)29-20(24-16)19(26)25-17-14(22)5-3-6-15(17)23/h3,5-6,8-10H,2,4,7H2,1H3,(H,25,26). The zero-order valence-electron chi connectivity index (χ0n) is 15.4. The van der Waals surface area contributed by atoms with E-state index in [-0.39, 0.29) is 5.01 Å². The Balaban J connectivity index is 1.71. The normalized spacial score (nSPS) is 12.5. The van der Waals surface area contributed by atoms with Crippen LogP contribution in [0.15, 0.2) is 36.4 Å². The number of carbonyl (C=O) groups is 2. The number of amides is 1. The van der Waals surface area contributed by atoms with E-state index in [4.69, 9.17) is 4.74 Å². The smallest absolute Gasteiger partial charge is 0.337 e. The van der Waals surface area contributed by atoms with Gasteiger partial charge in [0.2, 0.25) is 0 Å². The molecule has 1 amide bonds. The number of aryl methyl sites for hydroxylation is 2. The number of fused-ring (bicyclic) bond motifs is 3. The highest BCUT2D eigenvalue weighted by atomic mass is 32.1. The number of halogens is 2. The fourth-order valence-corrected chi connectivity index (χ4v) is 4.37. The summed E-state index contributed by atoms with van der Waals surface area (Å²) in [5, 5.41) is 2.37. The first-order valence-corrected chi connectivity index (χ1v) is 9.76. The number of carbonyl (C=O) groups excluding carboxylic acids is 2. The Morgan fingerprint density at radius 1 is 1.14 bits per heavy atom. The first kappa shape index (κ1) is 19.2. The van der Waals surface area contributed by atoms with Gasteiger partial charge in [0.05, 0.1) is 23.2 Å². The highest BCUT2D eigenvalue weighted by molar-refractivity contribution is 7.17. The first-order valence-electron chi connectivity index (χ1n) is 8.94. The van der Waals surface area contributed by atoms with Crippen LogP contribution in [0.5, 0.6) is 0 Å². The summed E-state index contributed by atoms with van der Waals surface area (Å²) in [6, 6.07) is 8.69. The summed E-state index contributed by atoms with van der Waals surface area (Å²) in [6.07, 6.45) is 2.32. The predicted molar refractivity (Wildman–Crippen MR) is 105 cm³/mol. The molecule has 1 aliphatic rings. The quantitative estimate of drug-likeness (QED) is 0.636. The number of thiazole rings is 1. The van der Waals surface area contributed by atoms with Crippen molar-refractivity contribution in [3.05, 3.63) is 69.9 Å².